The normalized spacial score (nSPS) is 15.6. The third-order valence-corrected chi connectivity index (χ3v) is 4.26. The molecule has 0 saturated carbocycles. The van der Waals surface area contributed by atoms with Crippen molar-refractivity contribution in [2.45, 2.75) is 38.3 Å². The molecule has 1 aliphatic heterocycles. The lowest BCUT2D eigenvalue weighted by atomic mass is 9.83. The van der Waals surface area contributed by atoms with Crippen LogP contribution in [0.4, 0.5) is 13.2 Å². The second-order valence-electron chi connectivity index (χ2n) is 6.40. The van der Waals surface area contributed by atoms with Gasteiger partial charge in [0.1, 0.15) is 0 Å². The highest BCUT2D eigenvalue weighted by Gasteiger charge is 2.35. The molecule has 1 saturated heterocycles. The van der Waals surface area contributed by atoms with Gasteiger partial charge in [0.25, 0.3) is 0 Å². The molecule has 1 aromatic rings. The molecule has 1 fully saturated rings. The molecule has 1 aliphatic rings. The molecule has 0 unspecified atom stereocenters. The molecule has 1 heterocycles. The average molecular weight is 356 g/mol. The number of amides is 3. The fourth-order valence-electron chi connectivity index (χ4n) is 2.59. The summed E-state index contributed by atoms with van der Waals surface area (Å²) in [5.74, 6) is -1.04. The number of alkyl halides is 3. The lowest BCUT2D eigenvalue weighted by Crippen LogP contribution is -2.44. The van der Waals surface area contributed by atoms with Crippen LogP contribution < -0.4 is 5.32 Å². The van der Waals surface area contributed by atoms with Crippen molar-refractivity contribution in [3.05, 3.63) is 35.4 Å². The molecule has 3 amide bonds. The molecule has 8 heteroatoms. The lowest BCUT2D eigenvalue weighted by molar-refractivity contribution is -0.139. The van der Waals surface area contributed by atoms with E-state index in [0.29, 0.717) is 0 Å². The first-order valence-electron chi connectivity index (χ1n) is 7.82. The SMILES string of the molecule is CC(C)(C(=O)NCCN1C(=O)CCC1=O)c1cccc(C(F)(F)F)c1. The van der Waals surface area contributed by atoms with E-state index in [1.54, 1.807) is 0 Å². The van der Waals surface area contributed by atoms with Gasteiger partial charge in [-0.25, -0.2) is 0 Å². The molecule has 1 aromatic carbocycles. The van der Waals surface area contributed by atoms with Crippen LogP contribution >= 0.6 is 0 Å². The maximum atomic E-state index is 12.8. The largest absolute Gasteiger partial charge is 0.416 e. The lowest BCUT2D eigenvalue weighted by Gasteiger charge is -2.25. The van der Waals surface area contributed by atoms with E-state index in [4.69, 9.17) is 0 Å². The molecule has 136 valence electrons. The summed E-state index contributed by atoms with van der Waals surface area (Å²) >= 11 is 0. The summed E-state index contributed by atoms with van der Waals surface area (Å²) in [5, 5.41) is 2.58. The smallest absolute Gasteiger partial charge is 0.354 e. The first-order chi connectivity index (χ1) is 11.5. The number of carbonyl (C=O) groups excluding carboxylic acids is 3. The molecule has 0 spiro atoms. The molecule has 0 atom stereocenters. The predicted octanol–water partition coefficient (Wildman–Crippen LogP) is 2.25. The van der Waals surface area contributed by atoms with E-state index >= 15 is 0 Å². The summed E-state index contributed by atoms with van der Waals surface area (Å²) in [6, 6.07) is 4.62. The molecular formula is C17H19F3N2O3. The van der Waals surface area contributed by atoms with E-state index in [9.17, 15) is 27.6 Å². The highest BCUT2D eigenvalue weighted by molar-refractivity contribution is 6.02. The molecule has 2 rings (SSSR count). The minimum Gasteiger partial charge on any atom is -0.354 e. The van der Waals surface area contributed by atoms with Crippen molar-refractivity contribution in [1.82, 2.24) is 10.2 Å². The number of rotatable bonds is 5. The Morgan fingerprint density at radius 3 is 2.24 bits per heavy atom. The van der Waals surface area contributed by atoms with E-state index in [0.717, 1.165) is 17.0 Å². The van der Waals surface area contributed by atoms with Gasteiger partial charge in [-0.1, -0.05) is 18.2 Å². The maximum absolute atomic E-state index is 12.8. The molecule has 0 radical (unpaired) electrons. The van der Waals surface area contributed by atoms with Gasteiger partial charge in [0.15, 0.2) is 0 Å². The number of nitrogens with zero attached hydrogens (tertiary/aromatic N) is 1. The molecule has 25 heavy (non-hydrogen) atoms. The van der Waals surface area contributed by atoms with E-state index < -0.39 is 23.1 Å². The highest BCUT2D eigenvalue weighted by atomic mass is 19.4. The Kier molecular flexibility index (Phi) is 5.20. The highest BCUT2D eigenvalue weighted by Crippen LogP contribution is 2.32. The number of imide groups is 1. The average Bonchev–Trinajstić information content (AvgIpc) is 2.86. The number of hydrogen-bond donors (Lipinski definition) is 1. The summed E-state index contributed by atoms with van der Waals surface area (Å²) in [5.41, 5.74) is -1.78. The summed E-state index contributed by atoms with van der Waals surface area (Å²) in [6.45, 7) is 3.15. The van der Waals surface area contributed by atoms with Crippen molar-refractivity contribution in [3.8, 4) is 0 Å². The first-order valence-corrected chi connectivity index (χ1v) is 7.82. The van der Waals surface area contributed by atoms with Gasteiger partial charge < -0.3 is 5.32 Å². The van der Waals surface area contributed by atoms with Crippen molar-refractivity contribution in [2.75, 3.05) is 13.1 Å². The molecule has 1 N–H and O–H groups in total. The van der Waals surface area contributed by atoms with Crippen LogP contribution in [0.2, 0.25) is 0 Å². The number of halogens is 3. The van der Waals surface area contributed by atoms with E-state index in [2.05, 4.69) is 5.32 Å². The van der Waals surface area contributed by atoms with Gasteiger partial charge in [0.2, 0.25) is 17.7 Å². The Morgan fingerprint density at radius 2 is 1.68 bits per heavy atom. The zero-order chi connectivity index (χ0) is 18.8. The van der Waals surface area contributed by atoms with E-state index in [1.807, 2.05) is 0 Å². The summed E-state index contributed by atoms with van der Waals surface area (Å²) in [4.78, 5) is 36.5. The molecule has 0 aliphatic carbocycles. The summed E-state index contributed by atoms with van der Waals surface area (Å²) in [6.07, 6.45) is -4.15. The van der Waals surface area contributed by atoms with Crippen molar-refractivity contribution in [3.63, 3.8) is 0 Å². The van der Waals surface area contributed by atoms with Gasteiger partial charge in [-0.3, -0.25) is 19.3 Å². The predicted molar refractivity (Wildman–Crippen MR) is 83.4 cm³/mol. The molecule has 5 nitrogen and oxygen atoms in total. The Bertz CT molecular complexity index is 683. The number of likely N-dealkylation sites (tertiary alicyclic amines) is 1. The minimum atomic E-state index is -4.49. The zero-order valence-electron chi connectivity index (χ0n) is 13.9. The van der Waals surface area contributed by atoms with Crippen molar-refractivity contribution in [2.24, 2.45) is 0 Å². The fourth-order valence-corrected chi connectivity index (χ4v) is 2.59. The summed E-state index contributed by atoms with van der Waals surface area (Å²) < 4.78 is 38.5. The number of carbonyl (C=O) groups is 3. The second-order valence-corrected chi connectivity index (χ2v) is 6.40. The van der Waals surface area contributed by atoms with Crippen LogP contribution in [0.3, 0.4) is 0 Å². The maximum Gasteiger partial charge on any atom is 0.416 e. The van der Waals surface area contributed by atoms with Crippen LogP contribution in [0.25, 0.3) is 0 Å². The first kappa shape index (κ1) is 19.0. The molecule has 0 aromatic heterocycles. The summed E-state index contributed by atoms with van der Waals surface area (Å²) in [7, 11) is 0. The zero-order valence-corrected chi connectivity index (χ0v) is 13.9. The van der Waals surface area contributed by atoms with Crippen LogP contribution in [0.15, 0.2) is 24.3 Å². The second kappa shape index (κ2) is 6.85. The standard InChI is InChI=1S/C17H19F3N2O3/c1-16(2,11-4-3-5-12(10-11)17(18,19)20)15(25)21-8-9-22-13(23)6-7-14(22)24/h3-5,10H,6-9H2,1-2H3,(H,21,25). The van der Waals surface area contributed by atoms with Gasteiger partial charge >= 0.3 is 6.18 Å². The van der Waals surface area contributed by atoms with Crippen LogP contribution in [-0.2, 0) is 26.0 Å². The van der Waals surface area contributed by atoms with E-state index in [-0.39, 0.29) is 43.3 Å². The van der Waals surface area contributed by atoms with Gasteiger partial charge in [-0.2, -0.15) is 13.2 Å². The third-order valence-electron chi connectivity index (χ3n) is 4.26. The fraction of sp³-hybridized carbons (Fsp3) is 0.471. The Labute approximate surface area is 143 Å². The van der Waals surface area contributed by atoms with Crippen molar-refractivity contribution in [1.29, 1.82) is 0 Å². The van der Waals surface area contributed by atoms with Crippen molar-refractivity contribution < 1.29 is 27.6 Å². The van der Waals surface area contributed by atoms with Gasteiger partial charge in [0, 0.05) is 25.9 Å². The van der Waals surface area contributed by atoms with Crippen LogP contribution in [-0.4, -0.2) is 35.7 Å². The number of benzene rings is 1. The Balaban J connectivity index is 2.02. The van der Waals surface area contributed by atoms with E-state index in [1.165, 1.54) is 26.0 Å². The Hall–Kier alpha value is -2.38. The quantitative estimate of drug-likeness (QED) is 0.823. The van der Waals surface area contributed by atoms with Gasteiger partial charge in [-0.15, -0.1) is 0 Å². The van der Waals surface area contributed by atoms with Gasteiger partial charge in [0.05, 0.1) is 11.0 Å². The molecular weight excluding hydrogens is 337 g/mol. The monoisotopic (exact) mass is 356 g/mol. The van der Waals surface area contributed by atoms with Crippen LogP contribution in [0.5, 0.6) is 0 Å². The number of hydrogen-bond acceptors (Lipinski definition) is 3. The molecule has 0 bridgehead atoms. The van der Waals surface area contributed by atoms with Crippen LogP contribution in [0.1, 0.15) is 37.8 Å². The minimum absolute atomic E-state index is 0.0543. The van der Waals surface area contributed by atoms with Crippen molar-refractivity contribution >= 4 is 17.7 Å². The Morgan fingerprint density at radius 1 is 1.12 bits per heavy atom. The third kappa shape index (κ3) is 4.18. The number of nitrogens with one attached hydrogen (secondary N) is 1. The van der Waals surface area contributed by atoms with Crippen LogP contribution in [0, 0.1) is 0 Å². The topological polar surface area (TPSA) is 66.5 Å². The van der Waals surface area contributed by atoms with Gasteiger partial charge in [-0.05, 0) is 25.5 Å².